The molecular formula is C90H202N14O18P2+2. The van der Waals surface area contributed by atoms with Crippen molar-refractivity contribution in [2.45, 2.75) is 247 Å². The van der Waals surface area contributed by atoms with Gasteiger partial charge in [-0.15, -0.1) is 0 Å². The highest BCUT2D eigenvalue weighted by atomic mass is 31.2. The average Bonchev–Trinajstić information content (AvgIpc) is 0.895. The molecule has 12 N–H and O–H groups in total. The molecule has 748 valence electrons. The van der Waals surface area contributed by atoms with Crippen LogP contribution < -0.4 is 53.0 Å². The van der Waals surface area contributed by atoms with Crippen LogP contribution in [-0.4, -0.2) is 324 Å². The minimum atomic E-state index is -3.97. The number of carbonyl (C=O) groups is 8. The van der Waals surface area contributed by atoms with E-state index in [0.29, 0.717) is 99.8 Å². The summed E-state index contributed by atoms with van der Waals surface area (Å²) in [4.78, 5) is 114. The minimum Gasteiger partial charge on any atom is -0.716 e. The largest absolute Gasteiger partial charge is 0.716 e. The Morgan fingerprint density at radius 1 is 0.331 bits per heavy atom. The van der Waals surface area contributed by atoms with Crippen molar-refractivity contribution in [2.24, 2.45) is 67.0 Å². The lowest BCUT2D eigenvalue weighted by molar-refractivity contribution is -0.889. The first-order valence-electron chi connectivity index (χ1n) is 43.4. The molecule has 32 nitrogen and oxygen atoms in total. The van der Waals surface area contributed by atoms with Gasteiger partial charge >= 0.3 is 15.2 Å². The Hall–Kier alpha value is -4.34. The predicted molar refractivity (Wildman–Crippen MR) is 510 cm³/mol. The fourth-order valence-electron chi connectivity index (χ4n) is 9.28. The summed E-state index contributed by atoms with van der Waals surface area (Å²) < 4.78 is 31.7. The maximum absolute atomic E-state index is 12.0. The highest BCUT2D eigenvalue weighted by Gasteiger charge is 2.31. The molecule has 0 radical (unpaired) electrons. The Kier molecular flexibility index (Phi) is 74.7. The molecule has 0 aliphatic rings. The average molecular weight is 1830 g/mol. The van der Waals surface area contributed by atoms with E-state index in [1.54, 1.807) is 0 Å². The van der Waals surface area contributed by atoms with Crippen LogP contribution >= 0.6 is 15.2 Å². The van der Waals surface area contributed by atoms with Crippen molar-refractivity contribution >= 4 is 62.4 Å². The number of nitrogens with zero attached hydrogens (tertiary/aromatic N) is 6. The van der Waals surface area contributed by atoms with Crippen molar-refractivity contribution in [3.8, 4) is 0 Å². The SMILES string of the molecule is C.C.CC(C(=O)NCCN(C)C)C(C)(C)C.CC(C(=O)NCCO)C(C)(C)C.CC(C(=O)NCC[N+](C)(C)C)C(C)(C)C.CC(C(=O)NCC[N+](C)(C)CCCP(=O)(O)O[O-])C(C)(C)C.CC(C)(C)CC(=O)NCCO.CC(C)(C)CC(=O)NCC[N+](C)(C)C.CC(C)(C)CC(=O)NCC[N+](C)(C)CCCP(=O)(O)O[O-].CN(C)CCNC(=O)CC(C)(C)C. The zero-order chi connectivity index (χ0) is 98.5. The van der Waals surface area contributed by atoms with Crippen LogP contribution in [0.5, 0.6) is 0 Å². The molecule has 0 aliphatic heterocycles. The molecule has 0 saturated carbocycles. The molecule has 6 unspecified atom stereocenters. The molecule has 0 heterocycles. The van der Waals surface area contributed by atoms with E-state index in [1.807, 2.05) is 167 Å². The van der Waals surface area contributed by atoms with Gasteiger partial charge in [0.15, 0.2) is 0 Å². The third-order valence-corrected chi connectivity index (χ3v) is 21.2. The topological polar surface area (TPSA) is 419 Å². The quantitative estimate of drug-likeness (QED) is 0.0118. The highest BCUT2D eigenvalue weighted by molar-refractivity contribution is 7.52. The van der Waals surface area contributed by atoms with Crippen molar-refractivity contribution in [3.05, 3.63) is 0 Å². The zero-order valence-electron chi connectivity index (χ0n) is 85.8. The first kappa shape index (κ1) is 140. The van der Waals surface area contributed by atoms with E-state index in [-0.39, 0.29) is 155 Å². The summed E-state index contributed by atoms with van der Waals surface area (Å²) in [6.45, 7) is 68.1. The van der Waals surface area contributed by atoms with Crippen molar-refractivity contribution < 1.29 is 105 Å². The van der Waals surface area contributed by atoms with Gasteiger partial charge in [0.05, 0.1) is 161 Å². The molecule has 0 aromatic carbocycles. The van der Waals surface area contributed by atoms with E-state index >= 15 is 0 Å². The van der Waals surface area contributed by atoms with Crippen LogP contribution in [0.2, 0.25) is 0 Å². The number of amides is 8. The molecular weight excluding hydrogens is 1630 g/mol. The van der Waals surface area contributed by atoms with Gasteiger partial charge in [-0.25, -0.2) is 0 Å². The molecule has 34 heteroatoms. The molecule has 0 aliphatic carbocycles. The Balaban J connectivity index is -0.000000151. The lowest BCUT2D eigenvalue weighted by atomic mass is 9.81. The van der Waals surface area contributed by atoms with Gasteiger partial charge in [0.1, 0.15) is 0 Å². The Labute approximate surface area is 759 Å². The van der Waals surface area contributed by atoms with Crippen LogP contribution in [0.4, 0.5) is 0 Å². The Bertz CT molecular complexity index is 2950. The number of carbonyl (C=O) groups excluding carboxylic acids is 8. The molecule has 0 spiro atoms. The van der Waals surface area contributed by atoms with Crippen LogP contribution in [-0.2, 0) is 56.8 Å². The van der Waals surface area contributed by atoms with Gasteiger partial charge in [0.25, 0.3) is 0 Å². The smallest absolute Gasteiger partial charge is 0.319 e. The second kappa shape index (κ2) is 66.1. The van der Waals surface area contributed by atoms with Gasteiger partial charge in [-0.3, -0.25) is 47.5 Å². The van der Waals surface area contributed by atoms with Gasteiger partial charge < -0.3 is 110 Å². The molecule has 0 aromatic rings. The second-order valence-corrected chi connectivity index (χ2v) is 49.0. The third kappa shape index (κ3) is 101. The number of likely N-dealkylation sites (N-methyl/N-ethyl adjacent to an activating group) is 6. The fourth-order valence-corrected chi connectivity index (χ4v) is 10.5. The normalized spacial score (nSPS) is 14.1. The molecule has 8 amide bonds. The standard InChI is InChI=1S/C14H31N2O5P.C13H29N2O5P.C12H26N2O.2C11H24N2O.C10H22N2O.C9H19NO2.C8H17NO2.2CH4/c1-12(14(2,3)4)13(17)15-8-10-16(5,6)9-7-11-22(19,20)21-18;1-13(2,3)11-12(16)14-7-9-15(4,5)8-6-10-21(18,19)20-17;1-10(12(2,3)4)11(15)13-8-9-14(5,6)7;1-11(2,3)9-10(14)12-7-8-13(4,5)6;1-9(11(2,3)4)10(14)12-7-8-13(5)6;1-10(2,3)8-9(13)11-6-7-12(4)5;1-7(9(2,3)4)8(12)10-5-6-11;1-8(2,3)6-7(11)9-4-5-10;;/h12H,7-11H2,1-6H3,(H2-,15,17,18,19,20);6-11H2,1-5H3,(H2-,14,16,17,18,19);10H,8-9H2,1-7H3;7-9H2,1-6H3;9H,7-8H2,1-6H3,(H,12,14);6-8H2,1-5H3,(H,11,13);7,11H,5-6H2,1-4H3,(H,10,12);10H,4-6H2,1-3H3,(H,9,11);2*1H4/p+2. The minimum absolute atomic E-state index is 0. The number of aliphatic hydroxyl groups is 2. The molecule has 6 atom stereocenters. The van der Waals surface area contributed by atoms with Crippen LogP contribution in [0.1, 0.15) is 247 Å². The summed E-state index contributed by atoms with van der Waals surface area (Å²) in [6.07, 6.45) is 2.72. The third-order valence-electron chi connectivity index (χ3n) is 19.0. The Morgan fingerprint density at radius 3 is 0.726 bits per heavy atom. The van der Waals surface area contributed by atoms with E-state index in [2.05, 4.69) is 187 Å². The van der Waals surface area contributed by atoms with Crippen molar-refractivity contribution in [1.29, 1.82) is 0 Å². The van der Waals surface area contributed by atoms with Crippen LogP contribution in [0.15, 0.2) is 0 Å². The maximum Gasteiger partial charge on any atom is 0.319 e. The first-order valence-corrected chi connectivity index (χ1v) is 47.0. The molecule has 0 saturated heterocycles. The molecule has 0 fully saturated rings. The first-order chi connectivity index (χ1) is 54.2. The van der Waals surface area contributed by atoms with Crippen molar-refractivity contribution in [1.82, 2.24) is 52.3 Å². The van der Waals surface area contributed by atoms with Crippen LogP contribution in [0, 0.1) is 67.0 Å². The predicted octanol–water partition coefficient (Wildman–Crippen LogP) is 8.97. The van der Waals surface area contributed by atoms with Crippen LogP contribution in [0.25, 0.3) is 0 Å². The van der Waals surface area contributed by atoms with Gasteiger partial charge in [-0.1, -0.05) is 209 Å². The number of hydrogen-bond donors (Lipinski definition) is 12. The monoisotopic (exact) mass is 1830 g/mol. The van der Waals surface area contributed by atoms with Gasteiger partial charge in [0.2, 0.25) is 47.3 Å². The molecule has 124 heavy (non-hydrogen) atoms. The van der Waals surface area contributed by atoms with E-state index in [0.717, 1.165) is 61.3 Å². The van der Waals surface area contributed by atoms with Gasteiger partial charge in [0, 0.05) is 101 Å². The Morgan fingerprint density at radius 2 is 0.516 bits per heavy atom. The van der Waals surface area contributed by atoms with E-state index in [4.69, 9.17) is 20.0 Å². The molecule has 0 rings (SSSR count). The lowest BCUT2D eigenvalue weighted by Crippen LogP contribution is -2.47. The lowest BCUT2D eigenvalue weighted by Gasteiger charge is -2.31. The van der Waals surface area contributed by atoms with Gasteiger partial charge in [-0.05, 0) is 71.5 Å². The van der Waals surface area contributed by atoms with Crippen molar-refractivity contribution in [3.63, 3.8) is 0 Å². The summed E-state index contributed by atoms with van der Waals surface area (Å²) in [5.74, 6) is 0.726. The number of nitrogens with one attached hydrogen (secondary N) is 8. The number of rotatable bonds is 40. The summed E-state index contributed by atoms with van der Waals surface area (Å²) in [6, 6.07) is 0. The molecule has 0 bridgehead atoms. The summed E-state index contributed by atoms with van der Waals surface area (Å²) >= 11 is 0. The number of aliphatic hydroxyl groups excluding tert-OH is 2. The number of hydrogen-bond acceptors (Lipinski definition) is 18. The fraction of sp³-hybridized carbons (Fsp3) is 0.911. The van der Waals surface area contributed by atoms with Crippen molar-refractivity contribution in [2.75, 3.05) is 229 Å². The second-order valence-electron chi connectivity index (χ2n) is 45.3. The van der Waals surface area contributed by atoms with Gasteiger partial charge in [-0.2, -0.15) is 0 Å². The van der Waals surface area contributed by atoms with E-state index in [9.17, 15) is 58.0 Å². The van der Waals surface area contributed by atoms with E-state index < -0.39 is 15.2 Å². The van der Waals surface area contributed by atoms with Crippen LogP contribution in [0.3, 0.4) is 0 Å². The summed E-state index contributed by atoms with van der Waals surface area (Å²) in [7, 11) is 20.7. The number of quaternary nitrogens is 4. The summed E-state index contributed by atoms with van der Waals surface area (Å²) in [5.41, 5.74) is 0.162. The van der Waals surface area contributed by atoms with E-state index in [1.165, 1.54) is 0 Å². The maximum atomic E-state index is 12.0. The molecule has 0 aromatic heterocycles. The zero-order valence-corrected chi connectivity index (χ0v) is 87.6. The highest BCUT2D eigenvalue weighted by Crippen LogP contribution is 2.41. The summed E-state index contributed by atoms with van der Waals surface area (Å²) in [5, 5.41) is 59.7.